The second-order valence-corrected chi connectivity index (χ2v) is 8.89. The summed E-state index contributed by atoms with van der Waals surface area (Å²) >= 11 is 0. The first kappa shape index (κ1) is 29.1. The number of nitrogens with one attached hydrogen (secondary N) is 3. The Morgan fingerprint density at radius 1 is 0.881 bits per heavy atom. The van der Waals surface area contributed by atoms with Crippen LogP contribution in [0.3, 0.4) is 0 Å². The summed E-state index contributed by atoms with van der Waals surface area (Å²) in [5.74, 6) is -8.21. The highest BCUT2D eigenvalue weighted by atomic mass is 19.1. The maximum atomic E-state index is 15.8. The molecule has 42 heavy (non-hydrogen) atoms. The average Bonchev–Trinajstić information content (AvgIpc) is 2.91. The number of aryl methyl sites for hydroxylation is 2. The number of carboxylic acid groups (broad SMARTS) is 1. The van der Waals surface area contributed by atoms with Crippen molar-refractivity contribution in [2.45, 2.75) is 13.8 Å². The third-order valence-electron chi connectivity index (χ3n) is 5.69. The Bertz CT molecular complexity index is 1720. The number of carboxylic acids is 1. The zero-order valence-corrected chi connectivity index (χ0v) is 22.1. The standard InChI is InChI=1S/C28H24F2N6O6/c1-12-8-15(27(38)39)9-13(2)22(12)42-23-20(29)25(40-17-5-3-4-16(11-17)35-28(33)34)36-26(21(23)30)41-19-10-14(24(31)32)6-7-18(19)37/h3-11,37H,1-2H3,(H3,31,32)(H,38,39)(H4,33,34,35). The van der Waals surface area contributed by atoms with Crippen molar-refractivity contribution in [1.82, 2.24) is 4.98 Å². The van der Waals surface area contributed by atoms with E-state index in [1.54, 1.807) is 6.07 Å². The maximum absolute atomic E-state index is 15.8. The van der Waals surface area contributed by atoms with Crippen LogP contribution in [-0.4, -0.2) is 33.0 Å². The van der Waals surface area contributed by atoms with E-state index in [2.05, 4.69) is 10.3 Å². The molecule has 0 fully saturated rings. The van der Waals surface area contributed by atoms with Crippen molar-refractivity contribution in [2.24, 2.45) is 11.5 Å². The number of phenolic OH excluding ortho intramolecular Hbond substituents is 1. The van der Waals surface area contributed by atoms with E-state index in [0.717, 1.165) is 12.1 Å². The number of nitrogens with two attached hydrogens (primary N) is 2. The maximum Gasteiger partial charge on any atom is 0.335 e. The van der Waals surface area contributed by atoms with Crippen molar-refractivity contribution >= 4 is 23.5 Å². The number of benzene rings is 3. The van der Waals surface area contributed by atoms with Gasteiger partial charge in [-0.1, -0.05) is 6.07 Å². The lowest BCUT2D eigenvalue weighted by Gasteiger charge is -2.17. The Hall–Kier alpha value is -5.92. The van der Waals surface area contributed by atoms with Gasteiger partial charge >= 0.3 is 5.97 Å². The van der Waals surface area contributed by atoms with Crippen molar-refractivity contribution in [2.75, 3.05) is 5.32 Å². The Morgan fingerprint density at radius 2 is 1.52 bits per heavy atom. The summed E-state index contributed by atoms with van der Waals surface area (Å²) in [6.07, 6.45) is 0. The summed E-state index contributed by atoms with van der Waals surface area (Å²) < 4.78 is 48.3. The van der Waals surface area contributed by atoms with Gasteiger partial charge in [0.2, 0.25) is 17.4 Å². The Kier molecular flexibility index (Phi) is 8.08. The number of phenols is 1. The molecule has 0 aliphatic rings. The van der Waals surface area contributed by atoms with E-state index in [4.69, 9.17) is 36.5 Å². The highest BCUT2D eigenvalue weighted by Crippen LogP contribution is 2.42. The summed E-state index contributed by atoms with van der Waals surface area (Å²) in [7, 11) is 0. The molecule has 0 spiro atoms. The normalized spacial score (nSPS) is 10.6. The topological polar surface area (TPSA) is 210 Å². The van der Waals surface area contributed by atoms with Gasteiger partial charge in [0.1, 0.15) is 17.3 Å². The number of guanidine groups is 1. The molecule has 216 valence electrons. The molecule has 12 nitrogen and oxygen atoms in total. The monoisotopic (exact) mass is 578 g/mol. The highest BCUT2D eigenvalue weighted by Gasteiger charge is 2.28. The first-order chi connectivity index (χ1) is 19.8. The molecule has 0 atom stereocenters. The minimum absolute atomic E-state index is 0.00996. The van der Waals surface area contributed by atoms with Crippen molar-refractivity contribution in [3.05, 3.63) is 88.5 Å². The minimum atomic E-state index is -1.42. The molecule has 1 heterocycles. The lowest BCUT2D eigenvalue weighted by molar-refractivity contribution is 0.0696. The van der Waals surface area contributed by atoms with Crippen LogP contribution in [0.25, 0.3) is 0 Å². The van der Waals surface area contributed by atoms with Crippen LogP contribution in [0.1, 0.15) is 27.0 Å². The lowest BCUT2D eigenvalue weighted by atomic mass is 10.1. The van der Waals surface area contributed by atoms with Gasteiger partial charge in [-0.3, -0.25) is 10.8 Å². The third kappa shape index (κ3) is 6.28. The van der Waals surface area contributed by atoms with Crippen molar-refractivity contribution in [3.63, 3.8) is 0 Å². The van der Waals surface area contributed by atoms with E-state index in [1.165, 1.54) is 50.2 Å². The quantitative estimate of drug-likeness (QED) is 0.1000. The van der Waals surface area contributed by atoms with Crippen molar-refractivity contribution in [3.8, 4) is 40.5 Å². The van der Waals surface area contributed by atoms with Crippen LogP contribution in [0.15, 0.2) is 54.6 Å². The van der Waals surface area contributed by atoms with Gasteiger partial charge in [0.15, 0.2) is 17.5 Å². The summed E-state index contributed by atoms with van der Waals surface area (Å²) in [4.78, 5) is 15.2. The average molecular weight is 579 g/mol. The number of halogens is 2. The van der Waals surface area contributed by atoms with Gasteiger partial charge in [-0.25, -0.2) is 4.79 Å². The molecule has 9 N–H and O–H groups in total. The molecule has 0 radical (unpaired) electrons. The fourth-order valence-electron chi connectivity index (χ4n) is 3.81. The number of hydrogen-bond donors (Lipinski definition) is 7. The number of aromatic nitrogens is 1. The van der Waals surface area contributed by atoms with E-state index in [9.17, 15) is 15.0 Å². The van der Waals surface area contributed by atoms with Gasteiger partial charge < -0.3 is 41.2 Å². The van der Waals surface area contributed by atoms with Gasteiger partial charge in [0.05, 0.1) is 5.56 Å². The van der Waals surface area contributed by atoms with E-state index in [-0.39, 0.29) is 51.3 Å². The number of pyridine rings is 1. The number of nitrogen functional groups attached to an aromatic ring is 1. The Balaban J connectivity index is 1.85. The number of anilines is 1. The van der Waals surface area contributed by atoms with Crippen LogP contribution >= 0.6 is 0 Å². The Labute approximate surface area is 237 Å². The zero-order valence-electron chi connectivity index (χ0n) is 22.1. The van der Waals surface area contributed by atoms with E-state index < -0.39 is 40.9 Å². The summed E-state index contributed by atoms with van der Waals surface area (Å²) in [6.45, 7) is 3.00. The molecule has 0 aliphatic heterocycles. The predicted molar refractivity (Wildman–Crippen MR) is 148 cm³/mol. The molecule has 0 saturated carbocycles. The molecule has 3 aromatic carbocycles. The second kappa shape index (κ2) is 11.7. The van der Waals surface area contributed by atoms with E-state index in [0.29, 0.717) is 5.69 Å². The summed E-state index contributed by atoms with van der Waals surface area (Å²) in [5.41, 5.74) is 11.8. The SMILES string of the molecule is Cc1cc(C(=O)O)cc(C)c1Oc1c(F)c(Oc2cccc(NC(=N)N)c2)nc(Oc2cc(C(=N)N)ccc2O)c1F. The smallest absolute Gasteiger partial charge is 0.335 e. The number of ether oxygens (including phenoxy) is 3. The van der Waals surface area contributed by atoms with Crippen LogP contribution in [0, 0.1) is 36.3 Å². The van der Waals surface area contributed by atoms with Crippen LogP contribution in [-0.2, 0) is 0 Å². The molecule has 4 rings (SSSR count). The van der Waals surface area contributed by atoms with Crippen LogP contribution in [0.4, 0.5) is 14.5 Å². The lowest BCUT2D eigenvalue weighted by Crippen LogP contribution is -2.20. The molecule has 4 aromatic rings. The molecule has 0 saturated heterocycles. The number of hydrogen-bond acceptors (Lipinski definition) is 8. The van der Waals surface area contributed by atoms with Crippen LogP contribution in [0.5, 0.6) is 40.5 Å². The number of carbonyl (C=O) groups is 1. The number of amidine groups is 1. The van der Waals surface area contributed by atoms with Gasteiger partial charge in [-0.15, -0.1) is 0 Å². The number of rotatable bonds is 9. The Morgan fingerprint density at radius 3 is 2.12 bits per heavy atom. The van der Waals surface area contributed by atoms with Gasteiger partial charge in [-0.05, 0) is 67.4 Å². The van der Waals surface area contributed by atoms with Gasteiger partial charge in [0, 0.05) is 17.3 Å². The largest absolute Gasteiger partial charge is 0.504 e. The molecular formula is C28H24F2N6O6. The van der Waals surface area contributed by atoms with Gasteiger partial charge in [0.25, 0.3) is 11.8 Å². The van der Waals surface area contributed by atoms with E-state index in [1.807, 2.05) is 0 Å². The zero-order chi connectivity index (χ0) is 30.7. The van der Waals surface area contributed by atoms with Crippen LogP contribution in [0.2, 0.25) is 0 Å². The first-order valence-electron chi connectivity index (χ1n) is 12.0. The van der Waals surface area contributed by atoms with E-state index >= 15 is 8.78 Å². The third-order valence-corrected chi connectivity index (χ3v) is 5.69. The van der Waals surface area contributed by atoms with Crippen molar-refractivity contribution < 1.29 is 38.0 Å². The molecule has 0 aliphatic carbocycles. The summed E-state index contributed by atoms with van der Waals surface area (Å²) in [6, 6.07) is 12.1. The fourth-order valence-corrected chi connectivity index (χ4v) is 3.81. The first-order valence-corrected chi connectivity index (χ1v) is 12.0. The molecule has 0 unspecified atom stereocenters. The fraction of sp³-hybridized carbons (Fsp3) is 0.0714. The minimum Gasteiger partial charge on any atom is -0.504 e. The predicted octanol–water partition coefficient (Wildman–Crippen LogP) is 5.35. The molecule has 1 aromatic heterocycles. The number of nitrogens with zero attached hydrogens (tertiary/aromatic N) is 1. The molecule has 0 bridgehead atoms. The highest BCUT2D eigenvalue weighted by molar-refractivity contribution is 5.95. The molecular weight excluding hydrogens is 554 g/mol. The molecule has 14 heteroatoms. The van der Waals surface area contributed by atoms with Gasteiger partial charge in [-0.2, -0.15) is 13.8 Å². The number of aromatic hydroxyl groups is 1. The number of aromatic carboxylic acids is 1. The second-order valence-electron chi connectivity index (χ2n) is 8.89. The molecule has 0 amide bonds. The summed E-state index contributed by atoms with van der Waals surface area (Å²) in [5, 5.41) is 37.2. The van der Waals surface area contributed by atoms with Crippen LogP contribution < -0.4 is 31.0 Å². The van der Waals surface area contributed by atoms with Crippen molar-refractivity contribution in [1.29, 1.82) is 10.8 Å².